The third-order valence-corrected chi connectivity index (χ3v) is 16.0. The average molecular weight is 758 g/mol. The van der Waals surface area contributed by atoms with E-state index in [4.69, 9.17) is 0 Å². The van der Waals surface area contributed by atoms with E-state index < -0.39 is 8.07 Å². The van der Waals surface area contributed by atoms with Crippen LogP contribution in [0.2, 0.25) is 5.04 Å². The molecule has 1 unspecified atom stereocenters. The summed E-state index contributed by atoms with van der Waals surface area (Å²) in [6.07, 6.45) is 18.7. The minimum Gasteiger partial charge on any atom is -1.00 e. The van der Waals surface area contributed by atoms with Gasteiger partial charge < -0.3 is 37.2 Å². The van der Waals surface area contributed by atoms with Crippen molar-refractivity contribution in [3.8, 4) is 0 Å². The molecule has 3 aromatic carbocycles. The number of hydrogen-bond donors (Lipinski definition) is 0. The Kier molecular flexibility index (Phi) is 21.5. The normalized spacial score (nSPS) is 15.5. The Morgan fingerprint density at radius 2 is 0.896 bits per heavy atom. The Labute approximate surface area is 329 Å². The number of unbranched alkanes of at least 4 members (excludes halogenated alkanes) is 4. The van der Waals surface area contributed by atoms with Crippen LogP contribution in [0.5, 0.6) is 0 Å². The van der Waals surface area contributed by atoms with E-state index >= 15 is 0 Å². The first-order valence-electron chi connectivity index (χ1n) is 17.9. The molecule has 3 aromatic rings. The summed E-state index contributed by atoms with van der Waals surface area (Å²) in [5, 5.41) is 4.47. The van der Waals surface area contributed by atoms with Crippen molar-refractivity contribution >= 4 is 23.6 Å². The molecule has 0 aliphatic heterocycles. The zero-order chi connectivity index (χ0) is 31.7. The zero-order valence-corrected chi connectivity index (χ0v) is 35.8. The van der Waals surface area contributed by atoms with Crippen molar-refractivity contribution < 1.29 is 58.9 Å². The summed E-state index contributed by atoms with van der Waals surface area (Å²) in [5.41, 5.74) is 10.4. The summed E-state index contributed by atoms with van der Waals surface area (Å²) in [5.74, 6) is 0. The van der Waals surface area contributed by atoms with Gasteiger partial charge in [0.2, 0.25) is 0 Å². The first kappa shape index (κ1) is 46.9. The van der Waals surface area contributed by atoms with E-state index in [9.17, 15) is 0 Å². The summed E-state index contributed by atoms with van der Waals surface area (Å²) >= 11 is 0. The maximum Gasteiger partial charge on any atom is 4.00 e. The van der Waals surface area contributed by atoms with Crippen molar-refractivity contribution in [1.82, 2.24) is 0 Å². The number of rotatable bonds is 16. The van der Waals surface area contributed by atoms with Crippen molar-refractivity contribution in [3.63, 3.8) is 0 Å². The van der Waals surface area contributed by atoms with Gasteiger partial charge in [0.15, 0.2) is 0 Å². The second-order valence-corrected chi connectivity index (χ2v) is 18.0. The molecule has 0 radical (unpaired) electrons. The van der Waals surface area contributed by atoms with E-state index in [1.54, 1.807) is 10.4 Å². The van der Waals surface area contributed by atoms with Gasteiger partial charge in [-0.2, -0.15) is 11.1 Å². The summed E-state index contributed by atoms with van der Waals surface area (Å²) in [6, 6.07) is 27.4. The fraction of sp³-hybridized carbons (Fsp3) is 0.488. The largest absolute Gasteiger partial charge is 4.00 e. The maximum absolute atomic E-state index is 4.22. The summed E-state index contributed by atoms with van der Waals surface area (Å²) in [6.45, 7) is 18.9. The number of halogens is 3. The van der Waals surface area contributed by atoms with Gasteiger partial charge in [0.05, 0.1) is 0 Å². The van der Waals surface area contributed by atoms with Crippen molar-refractivity contribution in [1.29, 1.82) is 0 Å². The molecule has 0 saturated carbocycles. The second-order valence-electron chi connectivity index (χ2n) is 13.7. The fourth-order valence-electron chi connectivity index (χ4n) is 7.71. The van der Waals surface area contributed by atoms with Gasteiger partial charge >= 0.3 is 21.7 Å². The van der Waals surface area contributed by atoms with Crippen molar-refractivity contribution in [2.24, 2.45) is 0 Å². The predicted octanol–water partition coefficient (Wildman–Crippen LogP) is 1.40. The molecule has 0 N–H and O–H groups in total. The van der Waals surface area contributed by atoms with Gasteiger partial charge in [0.25, 0.3) is 0 Å². The molecule has 0 bridgehead atoms. The van der Waals surface area contributed by atoms with Crippen LogP contribution in [-0.4, -0.2) is 8.07 Å². The van der Waals surface area contributed by atoms with E-state index in [1.807, 2.05) is 0 Å². The number of aryl methyl sites for hydroxylation is 4. The van der Waals surface area contributed by atoms with E-state index in [2.05, 4.69) is 128 Å². The standard InChI is InChI=1S/C43H59Si.3ClH.Ti/c1-9-13-20-36-26-37(21-14-10-2)29-41(28-36)44(40-24-18-17-19-25-40,43(8)32-33(5)34(6)35(43)7)42-30-38(22-15-11-3)27-39(31-42)23-16-12-4;;;;/h17-19,24-31H,9-16,20-23H2,1-8H3;3*1H;/q-1;;;;+4/p-3. The minimum absolute atomic E-state index is 0. The molecule has 1 aliphatic carbocycles. The third-order valence-electron chi connectivity index (χ3n) is 10.5. The molecular formula is C43H59Cl3SiTi. The Balaban J connectivity index is 0.00000552. The van der Waals surface area contributed by atoms with Crippen LogP contribution in [0.1, 0.15) is 129 Å². The third kappa shape index (κ3) is 10.0. The Morgan fingerprint density at radius 1 is 0.542 bits per heavy atom. The van der Waals surface area contributed by atoms with Crippen LogP contribution in [0.25, 0.3) is 0 Å². The van der Waals surface area contributed by atoms with E-state index in [1.165, 1.54) is 95.5 Å². The topological polar surface area (TPSA) is 0 Å². The monoisotopic (exact) mass is 756 g/mol. The van der Waals surface area contributed by atoms with Crippen LogP contribution in [0.4, 0.5) is 0 Å². The molecule has 0 aromatic heterocycles. The predicted molar refractivity (Wildman–Crippen MR) is 198 cm³/mol. The summed E-state index contributed by atoms with van der Waals surface area (Å²) in [7, 11) is -2.73. The van der Waals surface area contributed by atoms with Gasteiger partial charge in [-0.15, -0.1) is 6.92 Å². The smallest absolute Gasteiger partial charge is 1.00 e. The van der Waals surface area contributed by atoms with Crippen LogP contribution in [0.15, 0.2) is 83.4 Å². The molecule has 5 heteroatoms. The molecule has 1 aliphatic rings. The SMILES string of the molecule is CCCCc1cc(CCCC)cc([Si](c2ccccc2)(c2cc(CCCC)cc(CCCC)c2)C2(C)[C-]=C(C)C(C)=C2C)c1.[Cl-].[Cl-].[Cl-].[Ti+4]. The van der Waals surface area contributed by atoms with Crippen LogP contribution in [0.3, 0.4) is 0 Å². The molecule has 260 valence electrons. The molecule has 0 spiro atoms. The molecule has 1 atom stereocenters. The van der Waals surface area contributed by atoms with E-state index in [0.717, 1.165) is 25.7 Å². The van der Waals surface area contributed by atoms with Crippen molar-refractivity contribution in [2.75, 3.05) is 0 Å². The van der Waals surface area contributed by atoms with Gasteiger partial charge in [0, 0.05) is 0 Å². The summed E-state index contributed by atoms with van der Waals surface area (Å²) in [4.78, 5) is 0. The zero-order valence-electron chi connectivity index (χ0n) is 31.0. The molecule has 0 heterocycles. The maximum atomic E-state index is 4.22. The van der Waals surface area contributed by atoms with E-state index in [-0.39, 0.29) is 64.0 Å². The van der Waals surface area contributed by atoms with Gasteiger partial charge in [-0.25, -0.2) is 5.57 Å². The fourth-order valence-corrected chi connectivity index (χ4v) is 13.9. The number of hydrogen-bond acceptors (Lipinski definition) is 0. The van der Waals surface area contributed by atoms with E-state index in [0.29, 0.717) is 0 Å². The Bertz CT molecular complexity index is 1350. The number of benzene rings is 3. The van der Waals surface area contributed by atoms with Crippen LogP contribution in [-0.2, 0) is 47.4 Å². The molecule has 4 rings (SSSR count). The summed E-state index contributed by atoms with van der Waals surface area (Å²) < 4.78 is 0. The van der Waals surface area contributed by atoms with Crippen LogP contribution in [0, 0.1) is 6.08 Å². The Morgan fingerprint density at radius 3 is 1.19 bits per heavy atom. The first-order valence-corrected chi connectivity index (χ1v) is 19.9. The van der Waals surface area contributed by atoms with Crippen molar-refractivity contribution in [2.45, 2.75) is 137 Å². The minimum atomic E-state index is -2.73. The quantitative estimate of drug-likeness (QED) is 0.118. The molecule has 0 saturated heterocycles. The van der Waals surface area contributed by atoms with Gasteiger partial charge in [-0.3, -0.25) is 6.08 Å². The van der Waals surface area contributed by atoms with Crippen LogP contribution < -0.4 is 52.8 Å². The second kappa shape index (κ2) is 22.0. The molecule has 0 amide bonds. The number of allylic oxidation sites excluding steroid dienone is 4. The molecule has 0 nitrogen and oxygen atoms in total. The van der Waals surface area contributed by atoms with Gasteiger partial charge in [0.1, 0.15) is 8.07 Å². The first-order chi connectivity index (χ1) is 21.2. The molecule has 48 heavy (non-hydrogen) atoms. The van der Waals surface area contributed by atoms with Crippen molar-refractivity contribution in [3.05, 3.63) is 112 Å². The van der Waals surface area contributed by atoms with Gasteiger partial charge in [-0.05, 0) is 89.2 Å². The average Bonchev–Trinajstić information content (AvgIpc) is 3.24. The molecule has 0 fully saturated rings. The van der Waals surface area contributed by atoms with Crippen LogP contribution >= 0.6 is 0 Å². The van der Waals surface area contributed by atoms with Gasteiger partial charge in [-0.1, -0.05) is 146 Å². The Hall–Kier alpha value is -1.06. The molecular weight excluding hydrogens is 699 g/mol.